The summed E-state index contributed by atoms with van der Waals surface area (Å²) in [6, 6.07) is 0.120. The van der Waals surface area contributed by atoms with E-state index in [1.165, 1.54) is 0 Å². The fourth-order valence-electron chi connectivity index (χ4n) is 2.32. The Kier molecular flexibility index (Phi) is 4.47. The van der Waals surface area contributed by atoms with Crippen molar-refractivity contribution in [3.8, 4) is 0 Å². The van der Waals surface area contributed by atoms with Crippen molar-refractivity contribution in [1.29, 1.82) is 0 Å². The third kappa shape index (κ3) is 3.50. The van der Waals surface area contributed by atoms with Crippen LogP contribution in [-0.4, -0.2) is 35.0 Å². The SMILES string of the molecule is Cc1nc([C@H]2CCCNC2)ncc1C(=O)NC(C)C. The van der Waals surface area contributed by atoms with Crippen LogP contribution in [0.5, 0.6) is 0 Å². The van der Waals surface area contributed by atoms with Crippen LogP contribution in [0.2, 0.25) is 0 Å². The lowest BCUT2D eigenvalue weighted by molar-refractivity contribution is 0.0941. The molecule has 1 amide bonds. The fourth-order valence-corrected chi connectivity index (χ4v) is 2.32. The fraction of sp³-hybridized carbons (Fsp3) is 0.643. The Hall–Kier alpha value is -1.49. The zero-order valence-corrected chi connectivity index (χ0v) is 11.9. The number of rotatable bonds is 3. The highest BCUT2D eigenvalue weighted by Crippen LogP contribution is 2.20. The van der Waals surface area contributed by atoms with Crippen molar-refractivity contribution >= 4 is 5.91 Å². The summed E-state index contributed by atoms with van der Waals surface area (Å²) in [6.45, 7) is 7.75. The van der Waals surface area contributed by atoms with Crippen molar-refractivity contribution in [2.24, 2.45) is 0 Å². The van der Waals surface area contributed by atoms with Crippen LogP contribution in [0.3, 0.4) is 0 Å². The predicted molar refractivity (Wildman–Crippen MR) is 74.2 cm³/mol. The maximum atomic E-state index is 12.0. The highest BCUT2D eigenvalue weighted by molar-refractivity contribution is 5.95. The van der Waals surface area contributed by atoms with Gasteiger partial charge in [0.2, 0.25) is 0 Å². The van der Waals surface area contributed by atoms with Crippen molar-refractivity contribution in [2.75, 3.05) is 13.1 Å². The van der Waals surface area contributed by atoms with Crippen LogP contribution >= 0.6 is 0 Å². The van der Waals surface area contributed by atoms with E-state index in [4.69, 9.17) is 0 Å². The minimum atomic E-state index is -0.0965. The van der Waals surface area contributed by atoms with Crippen LogP contribution in [0.15, 0.2) is 6.20 Å². The second-order valence-corrected chi connectivity index (χ2v) is 5.40. The van der Waals surface area contributed by atoms with Gasteiger partial charge in [0.25, 0.3) is 5.91 Å². The summed E-state index contributed by atoms with van der Waals surface area (Å²) >= 11 is 0. The first kappa shape index (κ1) is 13.9. The first-order valence-corrected chi connectivity index (χ1v) is 6.93. The molecule has 1 aromatic rings. The van der Waals surface area contributed by atoms with Gasteiger partial charge in [-0.1, -0.05) is 0 Å². The molecular formula is C14H22N4O. The molecule has 2 N–H and O–H groups in total. The lowest BCUT2D eigenvalue weighted by Crippen LogP contribution is -2.32. The van der Waals surface area contributed by atoms with Crippen LogP contribution in [0.1, 0.15) is 54.5 Å². The molecule has 0 spiro atoms. The lowest BCUT2D eigenvalue weighted by Gasteiger charge is -2.21. The molecule has 2 heterocycles. The molecule has 0 saturated carbocycles. The van der Waals surface area contributed by atoms with Crippen molar-refractivity contribution in [2.45, 2.75) is 45.6 Å². The molecule has 1 aliphatic heterocycles. The Labute approximate surface area is 114 Å². The van der Waals surface area contributed by atoms with Gasteiger partial charge < -0.3 is 10.6 Å². The largest absolute Gasteiger partial charge is 0.350 e. The quantitative estimate of drug-likeness (QED) is 0.864. The molecule has 0 bridgehead atoms. The first-order chi connectivity index (χ1) is 9.08. The summed E-state index contributed by atoms with van der Waals surface area (Å²) in [5.74, 6) is 1.13. The van der Waals surface area contributed by atoms with Gasteiger partial charge in [-0.3, -0.25) is 4.79 Å². The number of nitrogens with zero attached hydrogens (tertiary/aromatic N) is 2. The summed E-state index contributed by atoms with van der Waals surface area (Å²) in [4.78, 5) is 20.9. The van der Waals surface area contributed by atoms with Crippen LogP contribution < -0.4 is 10.6 Å². The number of piperidine rings is 1. The summed E-state index contributed by atoms with van der Waals surface area (Å²) in [7, 11) is 0. The molecule has 19 heavy (non-hydrogen) atoms. The number of nitrogens with one attached hydrogen (secondary N) is 2. The van der Waals surface area contributed by atoms with Crippen LogP contribution in [0.4, 0.5) is 0 Å². The Bertz CT molecular complexity index is 453. The second kappa shape index (κ2) is 6.10. The number of amides is 1. The van der Waals surface area contributed by atoms with Gasteiger partial charge >= 0.3 is 0 Å². The van der Waals surface area contributed by atoms with Gasteiger partial charge in [0.1, 0.15) is 5.82 Å². The molecule has 5 heteroatoms. The summed E-state index contributed by atoms with van der Waals surface area (Å²) in [5, 5.41) is 6.22. The number of hydrogen-bond donors (Lipinski definition) is 2. The minimum absolute atomic E-state index is 0.0965. The number of carbonyl (C=O) groups excluding carboxylic acids is 1. The third-order valence-corrected chi connectivity index (χ3v) is 3.32. The topological polar surface area (TPSA) is 66.9 Å². The van der Waals surface area contributed by atoms with Gasteiger partial charge in [-0.15, -0.1) is 0 Å². The maximum Gasteiger partial charge on any atom is 0.254 e. The van der Waals surface area contributed by atoms with E-state index < -0.39 is 0 Å². The van der Waals surface area contributed by atoms with Gasteiger partial charge in [-0.2, -0.15) is 0 Å². The molecule has 1 atom stereocenters. The van der Waals surface area contributed by atoms with Crippen molar-refractivity contribution in [3.63, 3.8) is 0 Å². The first-order valence-electron chi connectivity index (χ1n) is 6.93. The van der Waals surface area contributed by atoms with Crippen molar-refractivity contribution in [3.05, 3.63) is 23.3 Å². The van der Waals surface area contributed by atoms with E-state index in [-0.39, 0.29) is 11.9 Å². The molecule has 5 nitrogen and oxygen atoms in total. The number of aryl methyl sites for hydroxylation is 1. The monoisotopic (exact) mass is 262 g/mol. The van der Waals surface area contributed by atoms with E-state index in [2.05, 4.69) is 20.6 Å². The predicted octanol–water partition coefficient (Wildman–Crippen LogP) is 1.39. The van der Waals surface area contributed by atoms with Crippen LogP contribution in [-0.2, 0) is 0 Å². The Morgan fingerprint density at radius 3 is 2.89 bits per heavy atom. The zero-order chi connectivity index (χ0) is 13.8. The third-order valence-electron chi connectivity index (χ3n) is 3.32. The molecule has 0 unspecified atom stereocenters. The molecule has 104 valence electrons. The smallest absolute Gasteiger partial charge is 0.254 e. The van der Waals surface area contributed by atoms with E-state index >= 15 is 0 Å². The summed E-state index contributed by atoms with van der Waals surface area (Å²) < 4.78 is 0. The maximum absolute atomic E-state index is 12.0. The molecular weight excluding hydrogens is 240 g/mol. The van der Waals surface area contributed by atoms with Gasteiger partial charge in [0.05, 0.1) is 11.3 Å². The lowest BCUT2D eigenvalue weighted by atomic mass is 9.98. The molecule has 0 aromatic carbocycles. The average molecular weight is 262 g/mol. The van der Waals surface area contributed by atoms with Crippen molar-refractivity contribution < 1.29 is 4.79 Å². The van der Waals surface area contributed by atoms with E-state index in [0.717, 1.165) is 37.4 Å². The molecule has 0 radical (unpaired) electrons. The molecule has 1 saturated heterocycles. The van der Waals surface area contributed by atoms with Gasteiger partial charge in [0.15, 0.2) is 0 Å². The second-order valence-electron chi connectivity index (χ2n) is 5.40. The molecule has 1 fully saturated rings. The molecule has 0 aliphatic carbocycles. The van der Waals surface area contributed by atoms with E-state index in [9.17, 15) is 4.79 Å². The number of hydrogen-bond acceptors (Lipinski definition) is 4. The van der Waals surface area contributed by atoms with Crippen LogP contribution in [0, 0.1) is 6.92 Å². The standard InChI is InChI=1S/C14H22N4O/c1-9(2)17-14(19)12-8-16-13(18-10(12)3)11-5-4-6-15-7-11/h8-9,11,15H,4-7H2,1-3H3,(H,17,19)/t11-/m0/s1. The van der Waals surface area contributed by atoms with E-state index in [1.54, 1.807) is 6.20 Å². The van der Waals surface area contributed by atoms with Gasteiger partial charge in [0, 0.05) is 24.7 Å². The zero-order valence-electron chi connectivity index (χ0n) is 11.9. The number of aromatic nitrogens is 2. The highest BCUT2D eigenvalue weighted by atomic mass is 16.1. The van der Waals surface area contributed by atoms with Gasteiger partial charge in [-0.25, -0.2) is 9.97 Å². The van der Waals surface area contributed by atoms with Gasteiger partial charge in [-0.05, 0) is 40.2 Å². The van der Waals surface area contributed by atoms with E-state index in [1.807, 2.05) is 20.8 Å². The normalized spacial score (nSPS) is 19.5. The van der Waals surface area contributed by atoms with Crippen molar-refractivity contribution in [1.82, 2.24) is 20.6 Å². The Morgan fingerprint density at radius 1 is 1.53 bits per heavy atom. The summed E-state index contributed by atoms with van der Waals surface area (Å²) in [5.41, 5.74) is 1.33. The molecule has 1 aliphatic rings. The summed E-state index contributed by atoms with van der Waals surface area (Å²) in [6.07, 6.45) is 3.93. The minimum Gasteiger partial charge on any atom is -0.350 e. The highest BCUT2D eigenvalue weighted by Gasteiger charge is 2.20. The molecule has 2 rings (SSSR count). The van der Waals surface area contributed by atoms with E-state index in [0.29, 0.717) is 11.5 Å². The average Bonchev–Trinajstić information content (AvgIpc) is 2.38. The Morgan fingerprint density at radius 2 is 2.32 bits per heavy atom. The Balaban J connectivity index is 2.14. The molecule has 1 aromatic heterocycles. The van der Waals surface area contributed by atoms with Crippen LogP contribution in [0.25, 0.3) is 0 Å². The number of carbonyl (C=O) groups is 1.